The summed E-state index contributed by atoms with van der Waals surface area (Å²) in [7, 11) is -1.07. The summed E-state index contributed by atoms with van der Waals surface area (Å²) in [5.74, 6) is -0.484. The molecule has 3 N–H and O–H groups in total. The van der Waals surface area contributed by atoms with Gasteiger partial charge in [0.15, 0.2) is 0 Å². The number of amides is 1. The number of rotatable bonds is 4. The molecule has 0 radical (unpaired) electrons. The van der Waals surface area contributed by atoms with Crippen LogP contribution >= 0.6 is 0 Å². The first-order valence-electron chi connectivity index (χ1n) is 5.93. The third-order valence-electron chi connectivity index (χ3n) is 2.48. The molecule has 0 heterocycles. The van der Waals surface area contributed by atoms with Crippen LogP contribution in [0.2, 0.25) is 0 Å². The molecule has 1 rings (SSSR count). The lowest BCUT2D eigenvalue weighted by atomic mass is 10.2. The van der Waals surface area contributed by atoms with Crippen LogP contribution in [-0.4, -0.2) is 20.6 Å². The second kappa shape index (κ2) is 6.14. The fourth-order valence-electron chi connectivity index (χ4n) is 1.34. The highest BCUT2D eigenvalue weighted by Gasteiger charge is 2.19. The highest BCUT2D eigenvalue weighted by Crippen LogP contribution is 2.17. The van der Waals surface area contributed by atoms with E-state index in [1.54, 1.807) is 0 Å². The van der Waals surface area contributed by atoms with Crippen molar-refractivity contribution in [2.75, 3.05) is 16.8 Å². The number of anilines is 2. The van der Waals surface area contributed by atoms with Crippen molar-refractivity contribution in [3.63, 3.8) is 0 Å². The average Bonchev–Trinajstić information content (AvgIpc) is 2.29. The smallest absolute Gasteiger partial charge is 0.225 e. The number of nitrogens with one attached hydrogen (secondary N) is 1. The predicted octanol–water partition coefficient (Wildman–Crippen LogP) is 2.28. The van der Waals surface area contributed by atoms with E-state index in [2.05, 4.69) is 5.32 Å². The van der Waals surface area contributed by atoms with Crippen LogP contribution in [0.3, 0.4) is 0 Å². The Morgan fingerprint density at radius 3 is 2.58 bits per heavy atom. The molecule has 0 aliphatic heterocycles. The molecule has 0 bridgehead atoms. The molecule has 1 unspecified atom stereocenters. The van der Waals surface area contributed by atoms with Crippen molar-refractivity contribution in [2.24, 2.45) is 0 Å². The summed E-state index contributed by atoms with van der Waals surface area (Å²) < 4.78 is 24.4. The van der Waals surface area contributed by atoms with Crippen LogP contribution in [0.5, 0.6) is 0 Å². The Hall–Kier alpha value is -1.43. The van der Waals surface area contributed by atoms with Crippen LogP contribution in [0.4, 0.5) is 15.8 Å². The van der Waals surface area contributed by atoms with Crippen molar-refractivity contribution in [1.82, 2.24) is 0 Å². The molecule has 0 saturated carbocycles. The molecule has 0 spiro atoms. The van der Waals surface area contributed by atoms with E-state index in [1.807, 2.05) is 20.8 Å². The SMILES string of the molecule is CC(C)(C)S(=O)CCC(=O)Nc1ccc(F)c(N)c1. The van der Waals surface area contributed by atoms with Gasteiger partial charge in [0.25, 0.3) is 0 Å². The van der Waals surface area contributed by atoms with Gasteiger partial charge in [0.05, 0.1) is 5.69 Å². The van der Waals surface area contributed by atoms with E-state index in [1.165, 1.54) is 18.2 Å². The maximum absolute atomic E-state index is 12.9. The van der Waals surface area contributed by atoms with Crippen molar-refractivity contribution >= 4 is 28.1 Å². The van der Waals surface area contributed by atoms with Crippen LogP contribution in [0.25, 0.3) is 0 Å². The normalized spacial score (nSPS) is 13.1. The molecule has 0 aromatic heterocycles. The first-order chi connectivity index (χ1) is 8.70. The van der Waals surface area contributed by atoms with Gasteiger partial charge in [-0.25, -0.2) is 4.39 Å². The van der Waals surface area contributed by atoms with E-state index < -0.39 is 16.6 Å². The molecule has 106 valence electrons. The van der Waals surface area contributed by atoms with Gasteiger partial charge in [-0.3, -0.25) is 9.00 Å². The Morgan fingerprint density at radius 2 is 2.05 bits per heavy atom. The summed E-state index contributed by atoms with van der Waals surface area (Å²) in [5, 5.41) is 2.60. The molecule has 4 nitrogen and oxygen atoms in total. The van der Waals surface area contributed by atoms with Crippen LogP contribution in [-0.2, 0) is 15.6 Å². The standard InChI is InChI=1S/C13H19FN2O2S/c1-13(2,3)19(18)7-6-12(17)16-9-4-5-10(14)11(15)8-9/h4-5,8H,6-7,15H2,1-3H3,(H,16,17). The number of halogens is 1. The molecule has 0 aliphatic carbocycles. The van der Waals surface area contributed by atoms with Crippen LogP contribution in [0, 0.1) is 5.82 Å². The minimum atomic E-state index is -1.07. The van der Waals surface area contributed by atoms with Crippen molar-refractivity contribution < 1.29 is 13.4 Å². The Labute approximate surface area is 115 Å². The van der Waals surface area contributed by atoms with Crippen molar-refractivity contribution in [3.05, 3.63) is 24.0 Å². The summed E-state index contributed by atoms with van der Waals surface area (Å²) in [6.07, 6.45) is 0.154. The van der Waals surface area contributed by atoms with Gasteiger partial charge in [0, 0.05) is 33.4 Å². The number of carbonyl (C=O) groups excluding carboxylic acids is 1. The van der Waals surface area contributed by atoms with Gasteiger partial charge in [-0.2, -0.15) is 0 Å². The molecule has 1 amide bonds. The fraction of sp³-hybridized carbons (Fsp3) is 0.462. The molecule has 0 fully saturated rings. The summed E-state index contributed by atoms with van der Waals surface area (Å²) in [6.45, 7) is 5.59. The van der Waals surface area contributed by atoms with Crippen molar-refractivity contribution in [3.8, 4) is 0 Å². The van der Waals surface area contributed by atoms with E-state index >= 15 is 0 Å². The van der Waals surface area contributed by atoms with Gasteiger partial charge in [-0.15, -0.1) is 0 Å². The van der Waals surface area contributed by atoms with Gasteiger partial charge >= 0.3 is 0 Å². The van der Waals surface area contributed by atoms with E-state index in [4.69, 9.17) is 5.73 Å². The zero-order chi connectivity index (χ0) is 14.6. The zero-order valence-electron chi connectivity index (χ0n) is 11.3. The fourth-order valence-corrected chi connectivity index (χ4v) is 2.32. The maximum Gasteiger partial charge on any atom is 0.225 e. The molecule has 1 atom stereocenters. The van der Waals surface area contributed by atoms with E-state index in [0.29, 0.717) is 11.4 Å². The van der Waals surface area contributed by atoms with Crippen molar-refractivity contribution in [1.29, 1.82) is 0 Å². The lowest BCUT2D eigenvalue weighted by molar-refractivity contribution is -0.115. The van der Waals surface area contributed by atoms with Crippen LogP contribution in [0.1, 0.15) is 27.2 Å². The largest absolute Gasteiger partial charge is 0.396 e. The van der Waals surface area contributed by atoms with Crippen LogP contribution < -0.4 is 11.1 Å². The lowest BCUT2D eigenvalue weighted by Gasteiger charge is -2.17. The topological polar surface area (TPSA) is 72.2 Å². The van der Waals surface area contributed by atoms with Crippen LogP contribution in [0.15, 0.2) is 18.2 Å². The Morgan fingerprint density at radius 1 is 1.42 bits per heavy atom. The molecule has 6 heteroatoms. The molecule has 19 heavy (non-hydrogen) atoms. The van der Waals surface area contributed by atoms with E-state index in [-0.39, 0.29) is 22.8 Å². The lowest BCUT2D eigenvalue weighted by Crippen LogP contribution is -2.26. The number of hydrogen-bond acceptors (Lipinski definition) is 3. The van der Waals surface area contributed by atoms with Gasteiger partial charge in [0.2, 0.25) is 5.91 Å². The minimum Gasteiger partial charge on any atom is -0.396 e. The third-order valence-corrected chi connectivity index (χ3v) is 4.42. The summed E-state index contributed by atoms with van der Waals surface area (Å²) in [5.41, 5.74) is 5.82. The minimum absolute atomic E-state index is 0.0175. The van der Waals surface area contributed by atoms with Gasteiger partial charge < -0.3 is 11.1 Å². The highest BCUT2D eigenvalue weighted by molar-refractivity contribution is 7.86. The van der Waals surface area contributed by atoms with Gasteiger partial charge in [-0.1, -0.05) is 0 Å². The predicted molar refractivity (Wildman–Crippen MR) is 76.8 cm³/mol. The number of hydrogen-bond donors (Lipinski definition) is 2. The first-order valence-corrected chi connectivity index (χ1v) is 7.25. The second-order valence-electron chi connectivity index (χ2n) is 5.20. The molecule has 1 aromatic rings. The monoisotopic (exact) mass is 286 g/mol. The number of nitrogens with two attached hydrogens (primary N) is 1. The highest BCUT2D eigenvalue weighted by atomic mass is 32.2. The molecule has 0 aliphatic rings. The second-order valence-corrected chi connectivity index (χ2v) is 7.52. The van der Waals surface area contributed by atoms with Gasteiger partial charge in [0.1, 0.15) is 5.82 Å². The molecule has 0 saturated heterocycles. The molecular weight excluding hydrogens is 267 g/mol. The Kier molecular flexibility index (Phi) is 5.05. The van der Waals surface area contributed by atoms with E-state index in [9.17, 15) is 13.4 Å². The third kappa shape index (κ3) is 4.98. The number of nitrogen functional groups attached to an aromatic ring is 1. The first kappa shape index (κ1) is 15.6. The average molecular weight is 286 g/mol. The van der Waals surface area contributed by atoms with Gasteiger partial charge in [-0.05, 0) is 39.0 Å². The molecule has 1 aromatic carbocycles. The Balaban J connectivity index is 2.52. The summed E-state index contributed by atoms with van der Waals surface area (Å²) in [6, 6.07) is 3.98. The maximum atomic E-state index is 12.9. The quantitative estimate of drug-likeness (QED) is 0.834. The van der Waals surface area contributed by atoms with Crippen molar-refractivity contribution in [2.45, 2.75) is 31.9 Å². The summed E-state index contributed by atoms with van der Waals surface area (Å²) in [4.78, 5) is 11.7. The number of benzene rings is 1. The molecular formula is C13H19FN2O2S. The zero-order valence-corrected chi connectivity index (χ0v) is 12.1. The number of carbonyl (C=O) groups is 1. The Bertz CT molecular complexity index is 498. The summed E-state index contributed by atoms with van der Waals surface area (Å²) >= 11 is 0. The van der Waals surface area contributed by atoms with E-state index in [0.717, 1.165) is 0 Å².